The zero-order chi connectivity index (χ0) is 19.9. The molecular weight excluding hydrogens is 354 g/mol. The number of fused-ring (bicyclic) bond motifs is 1. The minimum Gasteiger partial charge on any atom is -0.477 e. The van der Waals surface area contributed by atoms with Crippen molar-refractivity contribution in [2.75, 3.05) is 31.6 Å². The second kappa shape index (κ2) is 9.32. The van der Waals surface area contributed by atoms with E-state index in [2.05, 4.69) is 34.1 Å². The second-order valence-corrected chi connectivity index (χ2v) is 6.58. The molecule has 7 heteroatoms. The summed E-state index contributed by atoms with van der Waals surface area (Å²) in [6.45, 7) is 9.57. The van der Waals surface area contributed by atoms with Crippen LogP contribution in [0.2, 0.25) is 0 Å². The van der Waals surface area contributed by atoms with Crippen LogP contribution in [0.1, 0.15) is 27.2 Å². The van der Waals surface area contributed by atoms with Gasteiger partial charge in [0.2, 0.25) is 11.8 Å². The Labute approximate surface area is 165 Å². The van der Waals surface area contributed by atoms with Crippen LogP contribution in [0.4, 0.5) is 5.69 Å². The highest BCUT2D eigenvalue weighted by Crippen LogP contribution is 2.24. The predicted octanol–water partition coefficient (Wildman–Crippen LogP) is 3.47. The number of carbonyl (C=O) groups excluding carboxylic acids is 1. The van der Waals surface area contributed by atoms with Crippen LogP contribution in [0.25, 0.3) is 16.9 Å². The first-order valence-electron chi connectivity index (χ1n) is 9.68. The molecule has 3 aromatic rings. The largest absolute Gasteiger partial charge is 0.477 e. The fourth-order valence-electron chi connectivity index (χ4n) is 3.09. The highest BCUT2D eigenvalue weighted by Gasteiger charge is 2.10. The molecule has 0 spiro atoms. The van der Waals surface area contributed by atoms with Crippen LogP contribution < -0.4 is 10.1 Å². The van der Waals surface area contributed by atoms with Gasteiger partial charge in [0.05, 0.1) is 18.5 Å². The molecule has 7 nitrogen and oxygen atoms in total. The maximum atomic E-state index is 11.3. The van der Waals surface area contributed by atoms with Gasteiger partial charge in [-0.15, -0.1) is 5.10 Å². The van der Waals surface area contributed by atoms with Gasteiger partial charge in [-0.3, -0.25) is 4.79 Å². The normalized spacial score (nSPS) is 11.1. The molecule has 28 heavy (non-hydrogen) atoms. The number of benzene rings is 1. The van der Waals surface area contributed by atoms with E-state index in [0.29, 0.717) is 12.5 Å². The van der Waals surface area contributed by atoms with Gasteiger partial charge in [-0.1, -0.05) is 26.0 Å². The van der Waals surface area contributed by atoms with Crippen molar-refractivity contribution in [3.63, 3.8) is 0 Å². The van der Waals surface area contributed by atoms with Crippen molar-refractivity contribution in [3.05, 3.63) is 42.6 Å². The van der Waals surface area contributed by atoms with Crippen molar-refractivity contribution in [1.29, 1.82) is 0 Å². The second-order valence-electron chi connectivity index (χ2n) is 6.58. The van der Waals surface area contributed by atoms with Gasteiger partial charge < -0.3 is 15.0 Å². The third-order valence-electron chi connectivity index (χ3n) is 4.58. The summed E-state index contributed by atoms with van der Waals surface area (Å²) >= 11 is 0. The lowest BCUT2D eigenvalue weighted by molar-refractivity contribution is -0.114. The van der Waals surface area contributed by atoms with Gasteiger partial charge in [0.25, 0.3) is 0 Å². The fraction of sp³-hybridized carbons (Fsp3) is 0.381. The Morgan fingerprint density at radius 3 is 2.79 bits per heavy atom. The molecule has 0 aliphatic rings. The predicted molar refractivity (Wildman–Crippen MR) is 111 cm³/mol. The molecule has 0 unspecified atom stereocenters. The summed E-state index contributed by atoms with van der Waals surface area (Å²) in [4.78, 5) is 18.1. The van der Waals surface area contributed by atoms with Crippen molar-refractivity contribution in [3.8, 4) is 17.1 Å². The average molecular weight is 381 g/mol. The number of hydrogen-bond acceptors (Lipinski definition) is 5. The number of hydrogen-bond donors (Lipinski definition) is 1. The Kier molecular flexibility index (Phi) is 6.60. The zero-order valence-electron chi connectivity index (χ0n) is 16.7. The Morgan fingerprint density at radius 2 is 2.04 bits per heavy atom. The Balaban J connectivity index is 1.75. The van der Waals surface area contributed by atoms with E-state index in [0.717, 1.165) is 48.6 Å². The molecule has 0 saturated carbocycles. The van der Waals surface area contributed by atoms with Gasteiger partial charge in [0, 0.05) is 30.8 Å². The highest BCUT2D eigenvalue weighted by atomic mass is 16.5. The molecule has 1 N–H and O–H groups in total. The minimum absolute atomic E-state index is 0.103. The Bertz CT molecular complexity index is 933. The topological polar surface area (TPSA) is 71.8 Å². The maximum Gasteiger partial charge on any atom is 0.231 e. The number of carbonyl (C=O) groups is 1. The van der Waals surface area contributed by atoms with Crippen LogP contribution in [0, 0.1) is 0 Å². The van der Waals surface area contributed by atoms with Gasteiger partial charge in [-0.2, -0.15) is 0 Å². The number of amides is 1. The number of imidazole rings is 1. The van der Waals surface area contributed by atoms with Gasteiger partial charge in [-0.25, -0.2) is 9.50 Å². The van der Waals surface area contributed by atoms with Crippen molar-refractivity contribution in [2.24, 2.45) is 0 Å². The summed E-state index contributed by atoms with van der Waals surface area (Å²) in [5.74, 6) is 0.470. The minimum atomic E-state index is -0.103. The molecule has 0 aliphatic heterocycles. The van der Waals surface area contributed by atoms with E-state index in [9.17, 15) is 4.79 Å². The van der Waals surface area contributed by atoms with E-state index >= 15 is 0 Å². The van der Waals surface area contributed by atoms with Gasteiger partial charge in [-0.05, 0) is 37.7 Å². The first-order chi connectivity index (χ1) is 13.6. The van der Waals surface area contributed by atoms with E-state index in [4.69, 9.17) is 4.74 Å². The number of nitrogens with one attached hydrogen (secondary N) is 1. The fourth-order valence-corrected chi connectivity index (χ4v) is 3.09. The first-order valence-corrected chi connectivity index (χ1v) is 9.68. The van der Waals surface area contributed by atoms with Crippen LogP contribution in [0.3, 0.4) is 0 Å². The summed E-state index contributed by atoms with van der Waals surface area (Å²) < 4.78 is 7.62. The molecule has 2 aromatic heterocycles. The third kappa shape index (κ3) is 4.86. The molecule has 1 amide bonds. The molecular formula is C21H27N5O2. The molecule has 148 valence electrons. The maximum absolute atomic E-state index is 11.3. The van der Waals surface area contributed by atoms with E-state index in [1.54, 1.807) is 10.7 Å². The molecule has 0 fully saturated rings. The molecule has 0 bridgehead atoms. The monoisotopic (exact) mass is 381 g/mol. The van der Waals surface area contributed by atoms with Gasteiger partial charge in [0.1, 0.15) is 0 Å². The van der Waals surface area contributed by atoms with Crippen LogP contribution in [0.15, 0.2) is 42.6 Å². The smallest absolute Gasteiger partial charge is 0.231 e. The van der Waals surface area contributed by atoms with E-state index in [1.165, 1.54) is 6.92 Å². The standard InChI is InChI=1S/C21H27N5O2/c1-4-25(5-2)12-7-13-28-21-11-10-20-22-15-19(26(20)24-21)17-8-6-9-18(14-17)23-16(3)27/h6,8-11,14-15H,4-5,7,12-13H2,1-3H3,(H,23,27). The van der Waals surface area contributed by atoms with Crippen LogP contribution >= 0.6 is 0 Å². The van der Waals surface area contributed by atoms with E-state index in [-0.39, 0.29) is 5.91 Å². The van der Waals surface area contributed by atoms with Crippen LogP contribution in [0.5, 0.6) is 5.88 Å². The van der Waals surface area contributed by atoms with Crippen molar-refractivity contribution >= 4 is 17.2 Å². The zero-order valence-corrected chi connectivity index (χ0v) is 16.7. The Morgan fingerprint density at radius 1 is 1.21 bits per heavy atom. The number of aromatic nitrogens is 3. The molecule has 3 rings (SSSR count). The number of rotatable bonds is 9. The van der Waals surface area contributed by atoms with E-state index in [1.807, 2.05) is 36.4 Å². The molecule has 2 heterocycles. The van der Waals surface area contributed by atoms with Crippen LogP contribution in [-0.4, -0.2) is 51.6 Å². The van der Waals surface area contributed by atoms with Gasteiger partial charge >= 0.3 is 0 Å². The van der Waals surface area contributed by atoms with Crippen molar-refractivity contribution < 1.29 is 9.53 Å². The number of ether oxygens (including phenoxy) is 1. The third-order valence-corrected chi connectivity index (χ3v) is 4.58. The Hall–Kier alpha value is -2.93. The van der Waals surface area contributed by atoms with Crippen molar-refractivity contribution in [1.82, 2.24) is 19.5 Å². The van der Waals surface area contributed by atoms with Gasteiger partial charge in [0.15, 0.2) is 5.65 Å². The number of nitrogens with zero attached hydrogens (tertiary/aromatic N) is 4. The molecule has 0 radical (unpaired) electrons. The van der Waals surface area contributed by atoms with Crippen molar-refractivity contribution in [2.45, 2.75) is 27.2 Å². The van der Waals surface area contributed by atoms with E-state index < -0.39 is 0 Å². The highest BCUT2D eigenvalue weighted by molar-refractivity contribution is 5.89. The molecule has 1 aromatic carbocycles. The quantitative estimate of drug-likeness (QED) is 0.575. The lowest BCUT2D eigenvalue weighted by Crippen LogP contribution is -2.25. The number of anilines is 1. The lowest BCUT2D eigenvalue weighted by atomic mass is 10.1. The summed E-state index contributed by atoms with van der Waals surface area (Å²) in [6.07, 6.45) is 2.73. The first kappa shape index (κ1) is 19.8. The summed E-state index contributed by atoms with van der Waals surface area (Å²) in [6, 6.07) is 11.4. The molecule has 0 aliphatic carbocycles. The molecule has 0 saturated heterocycles. The van der Waals surface area contributed by atoms with Crippen LogP contribution in [-0.2, 0) is 4.79 Å². The molecule has 0 atom stereocenters. The average Bonchev–Trinajstić information content (AvgIpc) is 3.11. The summed E-state index contributed by atoms with van der Waals surface area (Å²) in [5, 5.41) is 7.39. The summed E-state index contributed by atoms with van der Waals surface area (Å²) in [5.41, 5.74) is 3.25. The SMILES string of the molecule is CCN(CC)CCCOc1ccc2ncc(-c3cccc(NC(C)=O)c3)n2n1. The summed E-state index contributed by atoms with van der Waals surface area (Å²) in [7, 11) is 0. The lowest BCUT2D eigenvalue weighted by Gasteiger charge is -2.17.